The Morgan fingerprint density at radius 1 is 0.711 bits per heavy atom. The van der Waals surface area contributed by atoms with Crippen LogP contribution in [0.1, 0.15) is 27.7 Å². The Morgan fingerprint density at radius 2 is 1.21 bits per heavy atom. The maximum absolute atomic E-state index is 11.8. The summed E-state index contributed by atoms with van der Waals surface area (Å²) in [7, 11) is 0. The van der Waals surface area contributed by atoms with Crippen LogP contribution in [0.15, 0.2) is 5.11 Å². The largest absolute Gasteiger partial charge is 0.463 e. The predicted molar refractivity (Wildman–Crippen MR) is 124 cm³/mol. The second-order valence-electron chi connectivity index (χ2n) is 7.73. The molecular formula is C22H35N3O13. The summed E-state index contributed by atoms with van der Waals surface area (Å²) in [5, 5.41) is 3.34. The fourth-order valence-electron chi connectivity index (χ4n) is 3.24. The molecule has 0 spiro atoms. The van der Waals surface area contributed by atoms with Crippen LogP contribution >= 0.6 is 0 Å². The van der Waals surface area contributed by atoms with E-state index in [0.29, 0.717) is 26.4 Å². The van der Waals surface area contributed by atoms with Crippen LogP contribution < -0.4 is 0 Å². The molecule has 0 aliphatic carbocycles. The Labute approximate surface area is 219 Å². The van der Waals surface area contributed by atoms with Crippen LogP contribution in [0, 0.1) is 0 Å². The molecule has 5 unspecified atom stereocenters. The quantitative estimate of drug-likeness (QED) is 0.0570. The van der Waals surface area contributed by atoms with Gasteiger partial charge in [0.25, 0.3) is 0 Å². The highest BCUT2D eigenvalue weighted by molar-refractivity contribution is 5.68. The van der Waals surface area contributed by atoms with E-state index in [-0.39, 0.29) is 33.0 Å². The van der Waals surface area contributed by atoms with E-state index >= 15 is 0 Å². The molecule has 0 saturated carbocycles. The zero-order chi connectivity index (χ0) is 28.3. The second kappa shape index (κ2) is 19.1. The van der Waals surface area contributed by atoms with Gasteiger partial charge in [0, 0.05) is 39.2 Å². The summed E-state index contributed by atoms with van der Waals surface area (Å²) in [6.07, 6.45) is -6.21. The molecular weight excluding hydrogens is 514 g/mol. The molecule has 1 saturated heterocycles. The summed E-state index contributed by atoms with van der Waals surface area (Å²) < 4.78 is 48.4. The fourth-order valence-corrected chi connectivity index (χ4v) is 3.24. The van der Waals surface area contributed by atoms with Crippen molar-refractivity contribution in [2.75, 3.05) is 59.4 Å². The van der Waals surface area contributed by atoms with Gasteiger partial charge in [0.2, 0.25) is 0 Å². The van der Waals surface area contributed by atoms with Gasteiger partial charge in [-0.1, -0.05) is 5.11 Å². The van der Waals surface area contributed by atoms with E-state index in [4.69, 9.17) is 48.2 Å². The van der Waals surface area contributed by atoms with Crippen molar-refractivity contribution in [2.24, 2.45) is 5.11 Å². The molecule has 1 fully saturated rings. The molecule has 0 aromatic carbocycles. The average molecular weight is 550 g/mol. The number of nitrogens with zero attached hydrogens (tertiary/aromatic N) is 3. The molecule has 0 radical (unpaired) electrons. The molecule has 38 heavy (non-hydrogen) atoms. The first-order valence-corrected chi connectivity index (χ1v) is 11.8. The van der Waals surface area contributed by atoms with Crippen LogP contribution in [0.4, 0.5) is 0 Å². The highest BCUT2D eigenvalue weighted by Crippen LogP contribution is 2.29. The molecule has 1 aliphatic rings. The van der Waals surface area contributed by atoms with Crippen molar-refractivity contribution in [3.05, 3.63) is 10.4 Å². The van der Waals surface area contributed by atoms with Gasteiger partial charge >= 0.3 is 23.9 Å². The first-order valence-electron chi connectivity index (χ1n) is 11.8. The van der Waals surface area contributed by atoms with Crippen molar-refractivity contribution in [1.29, 1.82) is 0 Å². The number of carbonyl (C=O) groups is 4. The third-order valence-corrected chi connectivity index (χ3v) is 4.60. The van der Waals surface area contributed by atoms with Crippen LogP contribution in [0.5, 0.6) is 0 Å². The van der Waals surface area contributed by atoms with Crippen molar-refractivity contribution in [1.82, 2.24) is 0 Å². The molecule has 216 valence electrons. The number of rotatable bonds is 18. The monoisotopic (exact) mass is 549 g/mol. The summed E-state index contributed by atoms with van der Waals surface area (Å²) >= 11 is 0. The third-order valence-electron chi connectivity index (χ3n) is 4.60. The van der Waals surface area contributed by atoms with E-state index < -0.39 is 54.6 Å². The van der Waals surface area contributed by atoms with Crippen molar-refractivity contribution in [2.45, 2.75) is 58.4 Å². The number of esters is 4. The lowest BCUT2D eigenvalue weighted by Crippen LogP contribution is -2.63. The van der Waals surface area contributed by atoms with E-state index in [1.807, 2.05) is 0 Å². The summed E-state index contributed by atoms with van der Waals surface area (Å²) in [5.74, 6) is -2.80. The van der Waals surface area contributed by atoms with Gasteiger partial charge in [-0.3, -0.25) is 19.2 Å². The highest BCUT2D eigenvalue weighted by Gasteiger charge is 2.52. The van der Waals surface area contributed by atoms with E-state index in [1.165, 1.54) is 6.92 Å². The van der Waals surface area contributed by atoms with Gasteiger partial charge in [0.1, 0.15) is 12.7 Å². The molecule has 0 aromatic heterocycles. The second-order valence-corrected chi connectivity index (χ2v) is 7.73. The van der Waals surface area contributed by atoms with Crippen molar-refractivity contribution >= 4 is 23.9 Å². The maximum Gasteiger partial charge on any atom is 0.303 e. The highest BCUT2D eigenvalue weighted by atomic mass is 16.7. The standard InChI is InChI=1S/C22H35N3O13/c1-14(26)34-13-18-19(35-15(2)27)20(36-16(3)28)21(37-17(4)29)22(38-18)33-12-11-32-10-9-31-8-7-30-6-5-24-25-23/h18-22H,5-13H2,1-4H3. The lowest BCUT2D eigenvalue weighted by molar-refractivity contribution is -0.309. The van der Waals surface area contributed by atoms with Crippen molar-refractivity contribution in [3.63, 3.8) is 0 Å². The zero-order valence-electron chi connectivity index (χ0n) is 21.9. The molecule has 16 nitrogen and oxygen atoms in total. The lowest BCUT2D eigenvalue weighted by Gasteiger charge is -2.44. The minimum absolute atomic E-state index is 0.0176. The van der Waals surface area contributed by atoms with Gasteiger partial charge in [0.05, 0.1) is 46.2 Å². The Balaban J connectivity index is 2.67. The topological polar surface area (TPSA) is 200 Å². The average Bonchev–Trinajstić information content (AvgIpc) is 2.83. The van der Waals surface area contributed by atoms with E-state index in [0.717, 1.165) is 20.8 Å². The summed E-state index contributed by atoms with van der Waals surface area (Å²) in [5.41, 5.74) is 8.16. The number of hydrogen-bond donors (Lipinski definition) is 0. The number of hydrogen-bond acceptors (Lipinski definition) is 14. The Bertz CT molecular complexity index is 805. The summed E-state index contributed by atoms with van der Waals surface area (Å²) in [6.45, 7) is 6.11. The first-order chi connectivity index (χ1) is 18.1. The molecule has 1 rings (SSSR count). The SMILES string of the molecule is CC(=O)OCC1OC(OCCOCCOCCOCCN=[N+]=[N-])C(OC(C)=O)C(OC(C)=O)C1OC(C)=O. The van der Waals surface area contributed by atoms with Crippen molar-refractivity contribution in [3.8, 4) is 0 Å². The molecule has 1 aliphatic heterocycles. The smallest absolute Gasteiger partial charge is 0.303 e. The minimum Gasteiger partial charge on any atom is -0.463 e. The first kappa shape index (κ1) is 33.0. The van der Waals surface area contributed by atoms with Crippen LogP contribution in [0.3, 0.4) is 0 Å². The van der Waals surface area contributed by atoms with E-state index in [9.17, 15) is 19.2 Å². The number of ether oxygens (including phenoxy) is 9. The third kappa shape index (κ3) is 14.1. The minimum atomic E-state index is -1.30. The number of azide groups is 1. The predicted octanol–water partition coefficient (Wildman–Crippen LogP) is 0.446. The number of carbonyl (C=O) groups excluding carboxylic acids is 4. The molecule has 0 bridgehead atoms. The van der Waals surface area contributed by atoms with Crippen molar-refractivity contribution < 1.29 is 61.8 Å². The van der Waals surface area contributed by atoms with E-state index in [2.05, 4.69) is 10.0 Å². The molecule has 5 atom stereocenters. The zero-order valence-corrected chi connectivity index (χ0v) is 21.9. The van der Waals surface area contributed by atoms with Gasteiger partial charge < -0.3 is 42.6 Å². The van der Waals surface area contributed by atoms with Crippen LogP contribution in [-0.4, -0.2) is 114 Å². The molecule has 16 heteroatoms. The maximum atomic E-state index is 11.8. The van der Waals surface area contributed by atoms with Gasteiger partial charge in [0.15, 0.2) is 24.6 Å². The lowest BCUT2D eigenvalue weighted by atomic mass is 9.98. The summed E-state index contributed by atoms with van der Waals surface area (Å²) in [6, 6.07) is 0. The Kier molecular flexibility index (Phi) is 16.6. The fraction of sp³-hybridized carbons (Fsp3) is 0.818. The summed E-state index contributed by atoms with van der Waals surface area (Å²) in [4.78, 5) is 49.3. The Morgan fingerprint density at radius 3 is 1.74 bits per heavy atom. The van der Waals surface area contributed by atoms with Gasteiger partial charge in [-0.2, -0.15) is 0 Å². The molecule has 0 N–H and O–H groups in total. The normalized spacial score (nSPS) is 22.6. The van der Waals surface area contributed by atoms with E-state index in [1.54, 1.807) is 0 Å². The molecule has 0 aromatic rings. The van der Waals surface area contributed by atoms with Gasteiger partial charge in [-0.15, -0.1) is 0 Å². The Hall–Kier alpha value is -3.01. The van der Waals surface area contributed by atoms with Crippen LogP contribution in [0.25, 0.3) is 10.4 Å². The van der Waals surface area contributed by atoms with Crippen LogP contribution in [-0.2, 0) is 61.8 Å². The van der Waals surface area contributed by atoms with Gasteiger partial charge in [-0.05, 0) is 5.53 Å². The molecule has 1 heterocycles. The van der Waals surface area contributed by atoms with Crippen LogP contribution in [0.2, 0.25) is 0 Å². The molecule has 0 amide bonds. The van der Waals surface area contributed by atoms with Gasteiger partial charge in [-0.25, -0.2) is 0 Å².